The van der Waals surface area contributed by atoms with E-state index >= 15 is 8.78 Å². The summed E-state index contributed by atoms with van der Waals surface area (Å²) in [4.78, 5) is 4.88. The fourth-order valence-corrected chi connectivity index (χ4v) is 9.61. The monoisotopic (exact) mass is 940 g/mol. The van der Waals surface area contributed by atoms with Crippen LogP contribution in [0.5, 0.6) is 11.5 Å². The highest BCUT2D eigenvalue weighted by Crippen LogP contribution is 2.48. The molecule has 2 aromatic heterocycles. The summed E-state index contributed by atoms with van der Waals surface area (Å²) in [6, 6.07) is 54.0. The molecule has 0 N–H and O–H groups in total. The average molecular weight is 941 g/mol. The van der Waals surface area contributed by atoms with Gasteiger partial charge in [0.25, 0.3) is 11.4 Å². The molecule has 0 radical (unpaired) electrons. The lowest BCUT2D eigenvalue weighted by Gasteiger charge is -2.27. The number of nitrogens with zero attached hydrogens (tertiary/aromatic N) is 4. The zero-order valence-electron chi connectivity index (χ0n) is 43.0. The minimum Gasteiger partial charge on any atom is -0.457 e. The van der Waals surface area contributed by atoms with Crippen molar-refractivity contribution in [3.8, 4) is 39.6 Å². The molecule has 0 atom stereocenters. The number of hydrogen-bond acceptors (Lipinski definition) is 2. The van der Waals surface area contributed by atoms with Crippen LogP contribution in [-0.4, -0.2) is 15.6 Å². The first-order chi connectivity index (χ1) is 33.5. The van der Waals surface area contributed by atoms with E-state index in [0.717, 1.165) is 73.1 Å². The second-order valence-corrected chi connectivity index (χ2v) is 23.2. The highest BCUT2D eigenvalue weighted by molar-refractivity contribution is 6.09. The summed E-state index contributed by atoms with van der Waals surface area (Å²) in [5, 5.41) is 2.25. The van der Waals surface area contributed by atoms with Crippen molar-refractivity contribution in [2.24, 2.45) is 0 Å². The number of ether oxygens (including phenoxy) is 1. The SMILES string of the molecule is CC(C)(C)c1cc(-c2cc(C(C)(C)C)cc(-c3cc(F)cc(F)c3)c2[N+]2=C=[N+](c3cccc(Oc4ccc5c6ccccc6n(-c6cc(C(C)(C)C)ccn6)c5c4)c3)c3ccccc32)cc(C(C)(C)C)c1. The standard InChI is InChI=1S/C64H62F2N4O/c1-61(2,3)42-26-27-67-59(35-42)70-55-21-14-13-20-51(55)52-25-24-50(38-58(52)70)71-49-19-17-18-48(37-49)68-39-69(57-23-16-15-22-56(57)68)60-53(40-28-43(62(4,5)6)32-44(29-40)63(7,8)9)33-45(64(10,11)12)34-54(60)41-30-46(65)36-47(66)31-41/h13-38H,1-12H3/q+2. The number of para-hydroxylation sites is 3. The van der Waals surface area contributed by atoms with E-state index in [-0.39, 0.29) is 21.7 Å². The highest BCUT2D eigenvalue weighted by atomic mass is 19.1. The van der Waals surface area contributed by atoms with Crippen LogP contribution in [0, 0.1) is 11.6 Å². The fourth-order valence-electron chi connectivity index (χ4n) is 9.61. The Balaban J connectivity index is 1.17. The summed E-state index contributed by atoms with van der Waals surface area (Å²) in [5.41, 5.74) is 12.5. The number of rotatable bonds is 7. The van der Waals surface area contributed by atoms with Gasteiger partial charge in [0.05, 0.1) is 28.2 Å². The van der Waals surface area contributed by atoms with Crippen LogP contribution in [-0.2, 0) is 21.7 Å². The predicted molar refractivity (Wildman–Crippen MR) is 291 cm³/mol. The maximum Gasteiger partial charge on any atom is 0.503 e. The molecule has 1 aliphatic heterocycles. The molecule has 10 rings (SSSR count). The van der Waals surface area contributed by atoms with Crippen LogP contribution in [0.1, 0.15) is 105 Å². The van der Waals surface area contributed by atoms with E-state index in [4.69, 9.17) is 9.72 Å². The minimum atomic E-state index is -0.640. The van der Waals surface area contributed by atoms with E-state index in [1.165, 1.54) is 28.8 Å². The van der Waals surface area contributed by atoms with Gasteiger partial charge in [0, 0.05) is 47.3 Å². The third-order valence-corrected chi connectivity index (χ3v) is 13.7. The number of hydrogen-bond donors (Lipinski definition) is 0. The Morgan fingerprint density at radius 2 is 1.01 bits per heavy atom. The van der Waals surface area contributed by atoms with Crippen LogP contribution >= 0.6 is 0 Å². The van der Waals surface area contributed by atoms with Crippen molar-refractivity contribution >= 4 is 50.6 Å². The zero-order chi connectivity index (χ0) is 50.4. The molecule has 0 saturated carbocycles. The summed E-state index contributed by atoms with van der Waals surface area (Å²) >= 11 is 0. The Morgan fingerprint density at radius 1 is 0.465 bits per heavy atom. The molecule has 0 aliphatic carbocycles. The maximum absolute atomic E-state index is 15.4. The molecule has 5 nitrogen and oxygen atoms in total. The number of fused-ring (bicyclic) bond motifs is 4. The molecule has 0 spiro atoms. The predicted octanol–water partition coefficient (Wildman–Crippen LogP) is 17.6. The lowest BCUT2D eigenvalue weighted by molar-refractivity contribution is 0.483. The van der Waals surface area contributed by atoms with Gasteiger partial charge in [-0.3, -0.25) is 4.57 Å². The van der Waals surface area contributed by atoms with Gasteiger partial charge in [0.2, 0.25) is 11.4 Å². The molecule has 3 heterocycles. The van der Waals surface area contributed by atoms with Gasteiger partial charge in [-0.25, -0.2) is 13.8 Å². The Hall–Kier alpha value is -7.47. The summed E-state index contributed by atoms with van der Waals surface area (Å²) in [5.74, 6) is 0.904. The summed E-state index contributed by atoms with van der Waals surface area (Å²) in [7, 11) is 0. The van der Waals surface area contributed by atoms with Gasteiger partial charge >= 0.3 is 6.01 Å². The normalized spacial score (nSPS) is 13.2. The summed E-state index contributed by atoms with van der Waals surface area (Å²) in [6.07, 6.45) is 1.89. The van der Waals surface area contributed by atoms with Gasteiger partial charge in [0.15, 0.2) is 0 Å². The topological polar surface area (TPSA) is 33.1 Å². The quantitative estimate of drug-likeness (QED) is 0.149. The van der Waals surface area contributed by atoms with Crippen LogP contribution in [0.15, 0.2) is 158 Å². The minimum absolute atomic E-state index is 0.0478. The average Bonchev–Trinajstić information content (AvgIpc) is 3.85. The Kier molecular flexibility index (Phi) is 11.4. The molecule has 356 valence electrons. The van der Waals surface area contributed by atoms with Gasteiger partial charge in [0.1, 0.15) is 29.0 Å². The van der Waals surface area contributed by atoms with Crippen molar-refractivity contribution in [1.82, 2.24) is 18.7 Å². The van der Waals surface area contributed by atoms with Crippen molar-refractivity contribution in [3.63, 3.8) is 0 Å². The molecular weight excluding hydrogens is 879 g/mol. The molecule has 0 unspecified atom stereocenters. The molecule has 1 aliphatic rings. The first-order valence-corrected chi connectivity index (χ1v) is 24.6. The van der Waals surface area contributed by atoms with Gasteiger partial charge in [-0.05, 0) is 125 Å². The van der Waals surface area contributed by atoms with E-state index < -0.39 is 11.6 Å². The lowest BCUT2D eigenvalue weighted by Crippen LogP contribution is -2.17. The third-order valence-electron chi connectivity index (χ3n) is 13.7. The van der Waals surface area contributed by atoms with Gasteiger partial charge in [-0.15, -0.1) is 0 Å². The van der Waals surface area contributed by atoms with E-state index in [9.17, 15) is 0 Å². The smallest absolute Gasteiger partial charge is 0.457 e. The van der Waals surface area contributed by atoms with Crippen molar-refractivity contribution in [2.75, 3.05) is 0 Å². The fraction of sp³-hybridized carbons (Fsp3) is 0.250. The zero-order valence-corrected chi connectivity index (χ0v) is 43.0. The van der Waals surface area contributed by atoms with Gasteiger partial charge in [-0.2, -0.15) is 0 Å². The van der Waals surface area contributed by atoms with Crippen LogP contribution in [0.2, 0.25) is 0 Å². The number of benzene rings is 7. The molecule has 0 amide bonds. The summed E-state index contributed by atoms with van der Waals surface area (Å²) in [6.45, 7) is 26.6. The molecule has 7 aromatic carbocycles. The number of aromatic nitrogens is 2. The molecule has 0 fully saturated rings. The molecular formula is C64H62F2N4O+2. The number of pyridine rings is 1. The molecule has 0 saturated heterocycles. The van der Waals surface area contributed by atoms with E-state index in [1.54, 1.807) is 0 Å². The first kappa shape index (κ1) is 47.2. The number of halogens is 2. The Labute approximate surface area is 417 Å². The Morgan fingerprint density at radius 3 is 1.65 bits per heavy atom. The second-order valence-electron chi connectivity index (χ2n) is 23.2. The van der Waals surface area contributed by atoms with E-state index in [2.05, 4.69) is 189 Å². The van der Waals surface area contributed by atoms with E-state index in [0.29, 0.717) is 22.6 Å². The second kappa shape index (κ2) is 17.1. The summed E-state index contributed by atoms with van der Waals surface area (Å²) < 4.78 is 44.0. The molecule has 0 bridgehead atoms. The molecule has 7 heteroatoms. The van der Waals surface area contributed by atoms with Gasteiger partial charge in [-0.1, -0.05) is 138 Å². The van der Waals surface area contributed by atoms with Crippen LogP contribution in [0.3, 0.4) is 0 Å². The lowest BCUT2D eigenvalue weighted by atomic mass is 9.77. The third kappa shape index (κ3) is 9.00. The molecule has 9 aromatic rings. The van der Waals surface area contributed by atoms with E-state index in [1.807, 2.05) is 53.2 Å². The highest BCUT2D eigenvalue weighted by Gasteiger charge is 2.40. The van der Waals surface area contributed by atoms with Crippen molar-refractivity contribution in [2.45, 2.75) is 105 Å². The van der Waals surface area contributed by atoms with Crippen molar-refractivity contribution in [1.29, 1.82) is 0 Å². The first-order valence-electron chi connectivity index (χ1n) is 24.6. The van der Waals surface area contributed by atoms with Crippen LogP contribution < -0.4 is 13.9 Å². The van der Waals surface area contributed by atoms with Crippen LogP contribution in [0.4, 0.5) is 31.5 Å². The van der Waals surface area contributed by atoms with Crippen molar-refractivity contribution in [3.05, 3.63) is 192 Å². The largest absolute Gasteiger partial charge is 0.503 e. The van der Waals surface area contributed by atoms with Gasteiger partial charge < -0.3 is 4.74 Å². The van der Waals surface area contributed by atoms with Crippen molar-refractivity contribution < 1.29 is 13.5 Å². The molecule has 71 heavy (non-hydrogen) atoms. The maximum atomic E-state index is 15.4. The van der Waals surface area contributed by atoms with Crippen LogP contribution in [0.25, 0.3) is 49.9 Å². The Bertz CT molecular complexity index is 3620.